The van der Waals surface area contributed by atoms with Crippen molar-refractivity contribution in [2.45, 2.75) is 25.3 Å². The molecule has 2 amide bonds. The molecule has 0 bridgehead atoms. The van der Waals surface area contributed by atoms with Crippen LogP contribution in [0.5, 0.6) is 0 Å². The maximum absolute atomic E-state index is 12.5. The second kappa shape index (κ2) is 11.9. The molecule has 1 aliphatic heterocycles. The summed E-state index contributed by atoms with van der Waals surface area (Å²) in [6, 6.07) is 16.5. The lowest BCUT2D eigenvalue weighted by molar-refractivity contribution is -0.137. The monoisotopic (exact) mass is 438 g/mol. The van der Waals surface area contributed by atoms with E-state index in [1.165, 1.54) is 0 Å². The first-order valence-electron chi connectivity index (χ1n) is 10.9. The van der Waals surface area contributed by atoms with Crippen LogP contribution in [0.2, 0.25) is 0 Å². The Hall–Kier alpha value is -3.39. The third-order valence-corrected chi connectivity index (χ3v) is 5.41. The largest absolute Gasteiger partial charge is 0.481 e. The van der Waals surface area contributed by atoms with Gasteiger partial charge in [-0.25, -0.2) is 0 Å². The van der Waals surface area contributed by atoms with E-state index >= 15 is 0 Å². The number of piperazine rings is 1. The predicted octanol–water partition coefficient (Wildman–Crippen LogP) is 1.42. The molecule has 0 radical (unpaired) electrons. The van der Waals surface area contributed by atoms with Gasteiger partial charge in [-0.15, -0.1) is 0 Å². The normalized spacial score (nSPS) is 14.4. The molecular formula is C24H30N4O4. The lowest BCUT2D eigenvalue weighted by Crippen LogP contribution is -2.44. The Morgan fingerprint density at radius 2 is 1.78 bits per heavy atom. The molecule has 1 fully saturated rings. The highest BCUT2D eigenvalue weighted by atomic mass is 16.4. The molecule has 1 heterocycles. The van der Waals surface area contributed by atoms with Gasteiger partial charge in [0.1, 0.15) is 0 Å². The number of carboxylic acid groups (broad SMARTS) is 1. The maximum Gasteiger partial charge on any atom is 0.305 e. The number of carboxylic acids is 1. The van der Waals surface area contributed by atoms with Crippen molar-refractivity contribution in [1.82, 2.24) is 16.0 Å². The smallest absolute Gasteiger partial charge is 0.305 e. The fraction of sp³-hybridized carbons (Fsp3) is 0.375. The summed E-state index contributed by atoms with van der Waals surface area (Å²) in [7, 11) is 0. The van der Waals surface area contributed by atoms with Gasteiger partial charge in [0.2, 0.25) is 5.91 Å². The lowest BCUT2D eigenvalue weighted by Gasteiger charge is -2.29. The summed E-state index contributed by atoms with van der Waals surface area (Å²) in [6.45, 7) is 3.34. The van der Waals surface area contributed by atoms with Crippen molar-refractivity contribution in [3.63, 3.8) is 0 Å². The Morgan fingerprint density at radius 3 is 2.50 bits per heavy atom. The molecule has 0 spiro atoms. The minimum Gasteiger partial charge on any atom is -0.481 e. The summed E-state index contributed by atoms with van der Waals surface area (Å²) in [4.78, 5) is 38.3. The number of hydrogen-bond acceptors (Lipinski definition) is 5. The third-order valence-electron chi connectivity index (χ3n) is 5.41. The summed E-state index contributed by atoms with van der Waals surface area (Å²) in [5, 5.41) is 17.8. The van der Waals surface area contributed by atoms with Gasteiger partial charge in [-0.05, 0) is 36.6 Å². The zero-order chi connectivity index (χ0) is 22.8. The molecule has 2 aromatic carbocycles. The molecule has 8 nitrogen and oxygen atoms in total. The molecule has 0 saturated carbocycles. The van der Waals surface area contributed by atoms with E-state index in [0.29, 0.717) is 18.4 Å². The van der Waals surface area contributed by atoms with E-state index in [0.717, 1.165) is 37.4 Å². The van der Waals surface area contributed by atoms with Crippen LogP contribution in [-0.2, 0) is 16.0 Å². The number of nitrogens with zero attached hydrogens (tertiary/aromatic N) is 1. The van der Waals surface area contributed by atoms with Gasteiger partial charge in [0.05, 0.1) is 13.0 Å². The third kappa shape index (κ3) is 7.39. The molecule has 32 heavy (non-hydrogen) atoms. The van der Waals surface area contributed by atoms with Crippen LogP contribution in [0, 0.1) is 0 Å². The fourth-order valence-corrected chi connectivity index (χ4v) is 3.73. The van der Waals surface area contributed by atoms with Crippen LogP contribution in [0.25, 0.3) is 0 Å². The highest BCUT2D eigenvalue weighted by Crippen LogP contribution is 2.16. The van der Waals surface area contributed by atoms with Crippen molar-refractivity contribution in [3.8, 4) is 0 Å². The molecule has 1 aliphatic rings. The van der Waals surface area contributed by atoms with Crippen LogP contribution < -0.4 is 20.9 Å². The number of carbonyl (C=O) groups is 3. The highest BCUT2D eigenvalue weighted by molar-refractivity contribution is 5.97. The topological polar surface area (TPSA) is 111 Å². The van der Waals surface area contributed by atoms with Crippen molar-refractivity contribution in [2.75, 3.05) is 37.6 Å². The van der Waals surface area contributed by atoms with Crippen molar-refractivity contribution < 1.29 is 19.5 Å². The van der Waals surface area contributed by atoms with Crippen LogP contribution in [-0.4, -0.2) is 61.7 Å². The average molecular weight is 439 g/mol. The zero-order valence-corrected chi connectivity index (χ0v) is 18.0. The Labute approximate surface area is 188 Å². The first-order valence-corrected chi connectivity index (χ1v) is 10.9. The second-order valence-electron chi connectivity index (χ2n) is 7.86. The maximum atomic E-state index is 12.5. The van der Waals surface area contributed by atoms with Crippen molar-refractivity contribution in [1.29, 1.82) is 0 Å². The average Bonchev–Trinajstić information content (AvgIpc) is 2.82. The van der Waals surface area contributed by atoms with Crippen molar-refractivity contribution in [2.24, 2.45) is 0 Å². The van der Waals surface area contributed by atoms with Gasteiger partial charge < -0.3 is 26.0 Å². The molecule has 0 aromatic heterocycles. The van der Waals surface area contributed by atoms with Crippen LogP contribution in [0.3, 0.4) is 0 Å². The first-order chi connectivity index (χ1) is 15.5. The van der Waals surface area contributed by atoms with Crippen LogP contribution >= 0.6 is 0 Å². The van der Waals surface area contributed by atoms with E-state index < -0.39 is 17.9 Å². The number of aliphatic carboxylic acids is 1. The summed E-state index contributed by atoms with van der Waals surface area (Å²) in [6.07, 6.45) is 0.992. The number of anilines is 1. The van der Waals surface area contributed by atoms with Gasteiger partial charge in [-0.3, -0.25) is 14.4 Å². The van der Waals surface area contributed by atoms with E-state index in [2.05, 4.69) is 20.9 Å². The second-order valence-corrected chi connectivity index (χ2v) is 7.86. The van der Waals surface area contributed by atoms with Crippen molar-refractivity contribution >= 4 is 23.5 Å². The zero-order valence-electron chi connectivity index (χ0n) is 18.0. The van der Waals surface area contributed by atoms with Gasteiger partial charge in [0.25, 0.3) is 5.91 Å². The number of benzene rings is 2. The Kier molecular flexibility index (Phi) is 8.62. The molecule has 0 aliphatic carbocycles. The summed E-state index contributed by atoms with van der Waals surface area (Å²) < 4.78 is 0. The number of aryl methyl sites for hydroxylation is 1. The number of rotatable bonds is 10. The molecule has 1 atom stereocenters. The van der Waals surface area contributed by atoms with Crippen LogP contribution in [0.1, 0.15) is 28.8 Å². The molecular weight excluding hydrogens is 408 g/mol. The van der Waals surface area contributed by atoms with Gasteiger partial charge in [0, 0.05) is 43.5 Å². The van der Waals surface area contributed by atoms with E-state index in [-0.39, 0.29) is 18.9 Å². The van der Waals surface area contributed by atoms with E-state index in [1.807, 2.05) is 48.5 Å². The molecule has 8 heteroatoms. The highest BCUT2D eigenvalue weighted by Gasteiger charge is 2.17. The number of carbonyl (C=O) groups excluding carboxylic acids is 2. The van der Waals surface area contributed by atoms with Gasteiger partial charge >= 0.3 is 5.97 Å². The molecule has 3 rings (SSSR count). The SMILES string of the molecule is O=C(O)CC(CCc1ccccc1)NC(=O)CNC(=O)c1cccc(N2CCNCC2)c1. The molecule has 4 N–H and O–H groups in total. The molecule has 170 valence electrons. The van der Waals surface area contributed by atoms with E-state index in [9.17, 15) is 14.4 Å². The Morgan fingerprint density at radius 1 is 1.03 bits per heavy atom. The fourth-order valence-electron chi connectivity index (χ4n) is 3.73. The quantitative estimate of drug-likeness (QED) is 0.447. The number of hydrogen-bond donors (Lipinski definition) is 4. The predicted molar refractivity (Wildman–Crippen MR) is 123 cm³/mol. The van der Waals surface area contributed by atoms with Gasteiger partial charge in [-0.1, -0.05) is 36.4 Å². The van der Waals surface area contributed by atoms with E-state index in [1.54, 1.807) is 6.07 Å². The minimum absolute atomic E-state index is 0.167. The lowest BCUT2D eigenvalue weighted by atomic mass is 10.0. The Balaban J connectivity index is 1.50. The van der Waals surface area contributed by atoms with Gasteiger partial charge in [0.15, 0.2) is 0 Å². The van der Waals surface area contributed by atoms with E-state index in [4.69, 9.17) is 5.11 Å². The molecule has 2 aromatic rings. The Bertz CT molecular complexity index is 913. The number of amides is 2. The minimum atomic E-state index is -0.975. The number of nitrogens with one attached hydrogen (secondary N) is 3. The summed E-state index contributed by atoms with van der Waals surface area (Å²) >= 11 is 0. The van der Waals surface area contributed by atoms with Crippen molar-refractivity contribution in [3.05, 3.63) is 65.7 Å². The summed E-state index contributed by atoms with van der Waals surface area (Å²) in [5.74, 6) is -1.72. The van der Waals surface area contributed by atoms with Crippen LogP contribution in [0.15, 0.2) is 54.6 Å². The summed E-state index contributed by atoms with van der Waals surface area (Å²) in [5.41, 5.74) is 2.54. The van der Waals surface area contributed by atoms with Gasteiger partial charge in [-0.2, -0.15) is 0 Å². The van der Waals surface area contributed by atoms with Crippen LogP contribution in [0.4, 0.5) is 5.69 Å². The standard InChI is InChI=1S/C24H30N4O4/c29-22(27-20(16-23(30)31)10-9-18-5-2-1-3-6-18)17-26-24(32)19-7-4-8-21(15-19)28-13-11-25-12-14-28/h1-8,15,20,25H,9-14,16-17H2,(H,26,32)(H,27,29)(H,30,31). The first kappa shape index (κ1) is 23.3. The molecule has 1 saturated heterocycles. The molecule has 1 unspecified atom stereocenters.